The lowest BCUT2D eigenvalue weighted by molar-refractivity contribution is 0.821. The maximum atomic E-state index is 5.51. The fourth-order valence-electron chi connectivity index (χ4n) is 2.39. The zero-order valence-corrected chi connectivity index (χ0v) is 11.3. The van der Waals surface area contributed by atoms with Gasteiger partial charge in [0.1, 0.15) is 6.33 Å². The number of nitrogens with zero attached hydrogens (tertiary/aromatic N) is 2. The molecule has 0 bridgehead atoms. The second-order valence-electron chi connectivity index (χ2n) is 4.83. The standard InChI is InChI=1S/C15H19N5/c16-7-5-13-10-20(11-18-13)19-8-6-12-9-17-15-4-2-1-3-14(12)15/h1-4,9-11,17,19H,5-8,16H2. The van der Waals surface area contributed by atoms with Crippen molar-refractivity contribution in [2.75, 3.05) is 18.5 Å². The molecule has 5 heteroatoms. The highest BCUT2D eigenvalue weighted by Crippen LogP contribution is 2.17. The van der Waals surface area contributed by atoms with Crippen molar-refractivity contribution in [2.24, 2.45) is 5.73 Å². The molecule has 1 aromatic carbocycles. The van der Waals surface area contributed by atoms with Crippen LogP contribution >= 0.6 is 0 Å². The van der Waals surface area contributed by atoms with Gasteiger partial charge < -0.3 is 16.1 Å². The summed E-state index contributed by atoms with van der Waals surface area (Å²) in [6.45, 7) is 1.49. The van der Waals surface area contributed by atoms with Crippen LogP contribution in [0.3, 0.4) is 0 Å². The number of nitrogens with one attached hydrogen (secondary N) is 2. The molecule has 4 N–H and O–H groups in total. The average molecular weight is 269 g/mol. The van der Waals surface area contributed by atoms with Gasteiger partial charge in [-0.1, -0.05) is 18.2 Å². The van der Waals surface area contributed by atoms with Gasteiger partial charge in [0.05, 0.1) is 5.69 Å². The first-order valence-corrected chi connectivity index (χ1v) is 6.88. The summed E-state index contributed by atoms with van der Waals surface area (Å²) < 4.78 is 1.90. The van der Waals surface area contributed by atoms with Gasteiger partial charge in [0.2, 0.25) is 0 Å². The largest absolute Gasteiger partial charge is 0.361 e. The number of aromatic amines is 1. The molecular weight excluding hydrogens is 250 g/mol. The molecular formula is C15H19N5. The lowest BCUT2D eigenvalue weighted by Crippen LogP contribution is -2.15. The normalized spacial score (nSPS) is 11.1. The molecule has 20 heavy (non-hydrogen) atoms. The Morgan fingerprint density at radius 3 is 3.05 bits per heavy atom. The predicted octanol–water partition coefficient (Wildman–Crippen LogP) is 1.65. The van der Waals surface area contributed by atoms with Crippen LogP contribution in [-0.4, -0.2) is 27.7 Å². The monoisotopic (exact) mass is 269 g/mol. The molecule has 0 fully saturated rings. The summed E-state index contributed by atoms with van der Waals surface area (Å²) in [5.41, 5.74) is 12.4. The van der Waals surface area contributed by atoms with E-state index in [-0.39, 0.29) is 0 Å². The van der Waals surface area contributed by atoms with Crippen LogP contribution in [0.2, 0.25) is 0 Å². The van der Waals surface area contributed by atoms with Crippen molar-refractivity contribution in [2.45, 2.75) is 12.8 Å². The maximum absolute atomic E-state index is 5.51. The van der Waals surface area contributed by atoms with Gasteiger partial charge in [-0.2, -0.15) is 0 Å². The molecule has 0 atom stereocenters. The molecule has 0 saturated carbocycles. The number of hydrogen-bond donors (Lipinski definition) is 3. The van der Waals surface area contributed by atoms with E-state index in [1.165, 1.54) is 16.5 Å². The second-order valence-corrected chi connectivity index (χ2v) is 4.83. The molecule has 0 saturated heterocycles. The Bertz CT molecular complexity index is 682. The summed E-state index contributed by atoms with van der Waals surface area (Å²) in [4.78, 5) is 7.58. The lowest BCUT2D eigenvalue weighted by atomic mass is 10.1. The van der Waals surface area contributed by atoms with Crippen LogP contribution in [0.4, 0.5) is 0 Å². The van der Waals surface area contributed by atoms with E-state index in [4.69, 9.17) is 5.73 Å². The van der Waals surface area contributed by atoms with Crippen molar-refractivity contribution in [1.82, 2.24) is 14.6 Å². The molecule has 2 heterocycles. The predicted molar refractivity (Wildman–Crippen MR) is 81.2 cm³/mol. The van der Waals surface area contributed by atoms with Crippen molar-refractivity contribution in [3.05, 3.63) is 54.2 Å². The number of rotatable bonds is 6. The Morgan fingerprint density at radius 2 is 2.15 bits per heavy atom. The maximum Gasteiger partial charge on any atom is 0.114 e. The lowest BCUT2D eigenvalue weighted by Gasteiger charge is -2.05. The molecule has 2 aromatic heterocycles. The minimum atomic E-state index is 0.631. The van der Waals surface area contributed by atoms with Crippen LogP contribution in [0.1, 0.15) is 11.3 Å². The molecule has 104 valence electrons. The van der Waals surface area contributed by atoms with Crippen molar-refractivity contribution in [1.29, 1.82) is 0 Å². The topological polar surface area (TPSA) is 71.7 Å². The van der Waals surface area contributed by atoms with E-state index in [0.717, 1.165) is 25.1 Å². The Morgan fingerprint density at radius 1 is 1.25 bits per heavy atom. The van der Waals surface area contributed by atoms with E-state index < -0.39 is 0 Å². The third-order valence-corrected chi connectivity index (χ3v) is 3.40. The Hall–Kier alpha value is -2.27. The fourth-order valence-corrected chi connectivity index (χ4v) is 2.39. The highest BCUT2D eigenvalue weighted by molar-refractivity contribution is 5.83. The van der Waals surface area contributed by atoms with E-state index in [2.05, 4.69) is 39.8 Å². The quantitative estimate of drug-likeness (QED) is 0.637. The third-order valence-electron chi connectivity index (χ3n) is 3.40. The molecule has 3 rings (SSSR count). The number of benzene rings is 1. The molecule has 0 aliphatic rings. The van der Waals surface area contributed by atoms with E-state index >= 15 is 0 Å². The molecule has 0 amide bonds. The number of aromatic nitrogens is 3. The fraction of sp³-hybridized carbons (Fsp3) is 0.267. The van der Waals surface area contributed by atoms with Crippen molar-refractivity contribution >= 4 is 10.9 Å². The number of hydrogen-bond acceptors (Lipinski definition) is 3. The summed E-state index contributed by atoms with van der Waals surface area (Å²) in [7, 11) is 0. The van der Waals surface area contributed by atoms with Crippen LogP contribution in [0, 0.1) is 0 Å². The zero-order valence-electron chi connectivity index (χ0n) is 11.3. The van der Waals surface area contributed by atoms with Crippen molar-refractivity contribution in [3.8, 4) is 0 Å². The van der Waals surface area contributed by atoms with Gasteiger partial charge in [-0.05, 0) is 24.6 Å². The molecule has 5 nitrogen and oxygen atoms in total. The van der Waals surface area contributed by atoms with Gasteiger partial charge >= 0.3 is 0 Å². The first-order chi connectivity index (χ1) is 9.86. The van der Waals surface area contributed by atoms with Crippen LogP contribution in [-0.2, 0) is 12.8 Å². The highest BCUT2D eigenvalue weighted by atomic mass is 15.4. The second kappa shape index (κ2) is 5.79. The first-order valence-electron chi connectivity index (χ1n) is 6.88. The number of fused-ring (bicyclic) bond motifs is 1. The number of imidazole rings is 1. The van der Waals surface area contributed by atoms with Crippen LogP contribution < -0.4 is 11.2 Å². The molecule has 0 radical (unpaired) electrons. The summed E-state index contributed by atoms with van der Waals surface area (Å²) in [5.74, 6) is 0. The van der Waals surface area contributed by atoms with Gasteiger partial charge in [0, 0.05) is 36.3 Å². The van der Waals surface area contributed by atoms with Gasteiger partial charge in [0.15, 0.2) is 0 Å². The Balaban J connectivity index is 1.59. The van der Waals surface area contributed by atoms with Crippen LogP contribution in [0.25, 0.3) is 10.9 Å². The Labute approximate surface area is 117 Å². The van der Waals surface area contributed by atoms with E-state index in [1.54, 1.807) is 6.33 Å². The van der Waals surface area contributed by atoms with E-state index in [9.17, 15) is 0 Å². The highest BCUT2D eigenvalue weighted by Gasteiger charge is 2.02. The summed E-state index contributed by atoms with van der Waals surface area (Å²) in [5, 5.41) is 1.30. The summed E-state index contributed by atoms with van der Waals surface area (Å²) >= 11 is 0. The van der Waals surface area contributed by atoms with E-state index in [1.807, 2.05) is 16.9 Å². The van der Waals surface area contributed by atoms with Crippen LogP contribution in [0.5, 0.6) is 0 Å². The van der Waals surface area contributed by atoms with Gasteiger partial charge in [-0.25, -0.2) is 4.98 Å². The summed E-state index contributed by atoms with van der Waals surface area (Å²) in [6, 6.07) is 8.37. The minimum absolute atomic E-state index is 0.631. The molecule has 0 spiro atoms. The third kappa shape index (κ3) is 2.67. The van der Waals surface area contributed by atoms with Gasteiger partial charge in [-0.15, -0.1) is 0 Å². The first kappa shape index (κ1) is 12.7. The SMILES string of the molecule is NCCc1cn(NCCc2c[nH]c3ccccc23)cn1. The van der Waals surface area contributed by atoms with Crippen molar-refractivity contribution in [3.63, 3.8) is 0 Å². The summed E-state index contributed by atoms with van der Waals surface area (Å²) in [6.07, 6.45) is 7.65. The number of H-pyrrole nitrogens is 1. The minimum Gasteiger partial charge on any atom is -0.361 e. The van der Waals surface area contributed by atoms with Gasteiger partial charge in [-0.3, -0.25) is 4.68 Å². The van der Waals surface area contributed by atoms with Gasteiger partial charge in [0.25, 0.3) is 0 Å². The average Bonchev–Trinajstić information content (AvgIpc) is 3.07. The molecule has 0 aliphatic carbocycles. The van der Waals surface area contributed by atoms with Crippen molar-refractivity contribution < 1.29 is 0 Å². The number of nitrogens with two attached hydrogens (primary N) is 1. The zero-order chi connectivity index (χ0) is 13.8. The molecule has 0 aliphatic heterocycles. The smallest absolute Gasteiger partial charge is 0.114 e. The molecule has 0 unspecified atom stereocenters. The number of para-hydroxylation sites is 1. The molecule has 3 aromatic rings. The van der Waals surface area contributed by atoms with Crippen LogP contribution in [0.15, 0.2) is 43.0 Å². The Kier molecular flexibility index (Phi) is 3.69. The van der Waals surface area contributed by atoms with E-state index in [0.29, 0.717) is 6.54 Å².